The zero-order valence-corrected chi connectivity index (χ0v) is 19.2. The summed E-state index contributed by atoms with van der Waals surface area (Å²) in [6.07, 6.45) is 0.363. The number of amides is 3. The highest BCUT2D eigenvalue weighted by atomic mass is 19.1. The van der Waals surface area contributed by atoms with Gasteiger partial charge in [0.2, 0.25) is 0 Å². The highest BCUT2D eigenvalue weighted by Crippen LogP contribution is 2.42. The summed E-state index contributed by atoms with van der Waals surface area (Å²) in [6.45, 7) is 4.58. The van der Waals surface area contributed by atoms with Gasteiger partial charge in [-0.2, -0.15) is 0 Å². The molecule has 2 aliphatic heterocycles. The molecule has 0 N–H and O–H groups in total. The molecule has 0 bridgehead atoms. The lowest BCUT2D eigenvalue weighted by Gasteiger charge is -2.36. The molecular weight excluding hydrogens is 437 g/mol. The lowest BCUT2D eigenvalue weighted by atomic mass is 9.86. The molecular formula is C26H26FN3O4. The van der Waals surface area contributed by atoms with Crippen LogP contribution in [0, 0.1) is 5.82 Å². The van der Waals surface area contributed by atoms with E-state index in [0.29, 0.717) is 13.0 Å². The summed E-state index contributed by atoms with van der Waals surface area (Å²) < 4.78 is 20.5. The second-order valence-electron chi connectivity index (χ2n) is 8.99. The zero-order valence-electron chi connectivity index (χ0n) is 19.2. The summed E-state index contributed by atoms with van der Waals surface area (Å²) in [6, 6.07) is 14.0. The SMILES string of the molecule is CCOC(=O)CCN1C(=O)N2Cc3c(c4ccccc4n3Cc3ccc(F)cc3)CC2(C)C1=O. The third-order valence-electron chi connectivity index (χ3n) is 6.89. The van der Waals surface area contributed by atoms with Crippen molar-refractivity contribution in [1.29, 1.82) is 0 Å². The van der Waals surface area contributed by atoms with Crippen LogP contribution in [0.1, 0.15) is 37.1 Å². The zero-order chi connectivity index (χ0) is 24.0. The largest absolute Gasteiger partial charge is 0.466 e. The van der Waals surface area contributed by atoms with Crippen LogP contribution in [0.3, 0.4) is 0 Å². The predicted molar refractivity (Wildman–Crippen MR) is 123 cm³/mol. The van der Waals surface area contributed by atoms with Gasteiger partial charge >= 0.3 is 12.0 Å². The number of carbonyl (C=O) groups excluding carboxylic acids is 3. The van der Waals surface area contributed by atoms with Gasteiger partial charge < -0.3 is 14.2 Å². The molecule has 176 valence electrons. The molecule has 3 aromatic rings. The Hall–Kier alpha value is -3.68. The van der Waals surface area contributed by atoms with Crippen molar-refractivity contribution >= 4 is 28.8 Å². The van der Waals surface area contributed by atoms with Crippen molar-refractivity contribution in [3.8, 4) is 0 Å². The van der Waals surface area contributed by atoms with Crippen LogP contribution in [0.2, 0.25) is 0 Å². The Bertz CT molecular complexity index is 1300. The van der Waals surface area contributed by atoms with E-state index in [1.54, 1.807) is 30.9 Å². The molecule has 1 saturated heterocycles. The Morgan fingerprint density at radius 3 is 2.59 bits per heavy atom. The third kappa shape index (κ3) is 3.45. The molecule has 0 radical (unpaired) electrons. The molecule has 1 fully saturated rings. The fourth-order valence-corrected chi connectivity index (χ4v) is 5.15. The van der Waals surface area contributed by atoms with Crippen molar-refractivity contribution in [1.82, 2.24) is 14.4 Å². The van der Waals surface area contributed by atoms with Crippen molar-refractivity contribution in [2.45, 2.75) is 45.3 Å². The van der Waals surface area contributed by atoms with E-state index in [0.717, 1.165) is 27.7 Å². The van der Waals surface area contributed by atoms with E-state index in [1.165, 1.54) is 17.0 Å². The van der Waals surface area contributed by atoms with E-state index in [2.05, 4.69) is 4.57 Å². The van der Waals surface area contributed by atoms with E-state index >= 15 is 0 Å². The number of aromatic nitrogens is 1. The summed E-state index contributed by atoms with van der Waals surface area (Å²) in [5.41, 5.74) is 2.96. The number of urea groups is 1. The second kappa shape index (κ2) is 8.27. The molecule has 5 rings (SSSR count). The summed E-state index contributed by atoms with van der Waals surface area (Å²) in [5.74, 6) is -1.01. The van der Waals surface area contributed by atoms with Gasteiger partial charge in [-0.05, 0) is 43.2 Å². The number of nitrogens with zero attached hydrogens (tertiary/aromatic N) is 3. The molecule has 2 aliphatic rings. The van der Waals surface area contributed by atoms with Crippen molar-refractivity contribution in [3.63, 3.8) is 0 Å². The molecule has 1 unspecified atom stereocenters. The highest BCUT2D eigenvalue weighted by molar-refractivity contribution is 6.08. The average Bonchev–Trinajstić information content (AvgIpc) is 3.21. The van der Waals surface area contributed by atoms with Gasteiger partial charge in [0, 0.05) is 36.1 Å². The van der Waals surface area contributed by atoms with Gasteiger partial charge in [0.15, 0.2) is 0 Å². The first-order valence-corrected chi connectivity index (χ1v) is 11.5. The summed E-state index contributed by atoms with van der Waals surface area (Å²) in [5, 5.41) is 1.05. The first-order chi connectivity index (χ1) is 16.3. The number of rotatable bonds is 6. The molecule has 0 spiro atoms. The number of benzene rings is 2. The number of hydrogen-bond acceptors (Lipinski definition) is 4. The summed E-state index contributed by atoms with van der Waals surface area (Å²) >= 11 is 0. The maximum Gasteiger partial charge on any atom is 0.328 e. The van der Waals surface area contributed by atoms with Gasteiger partial charge in [0.25, 0.3) is 5.91 Å². The maximum absolute atomic E-state index is 13.4. The number of ether oxygens (including phenoxy) is 1. The monoisotopic (exact) mass is 463 g/mol. The molecule has 0 aliphatic carbocycles. The molecule has 7 nitrogen and oxygen atoms in total. The van der Waals surface area contributed by atoms with Crippen molar-refractivity contribution in [2.24, 2.45) is 0 Å². The van der Waals surface area contributed by atoms with Crippen molar-refractivity contribution in [3.05, 3.63) is 71.2 Å². The van der Waals surface area contributed by atoms with Crippen molar-refractivity contribution in [2.75, 3.05) is 13.2 Å². The molecule has 0 saturated carbocycles. The van der Waals surface area contributed by atoms with Crippen molar-refractivity contribution < 1.29 is 23.5 Å². The average molecular weight is 464 g/mol. The van der Waals surface area contributed by atoms with E-state index < -0.39 is 11.5 Å². The summed E-state index contributed by atoms with van der Waals surface area (Å²) in [4.78, 5) is 41.3. The standard InChI is InChI=1S/C26H26FN3O4/c1-3-34-23(31)12-13-28-24(32)26(2)14-20-19-6-4-5-7-21(19)29(22(20)16-30(26)25(28)33)15-17-8-10-18(27)11-9-17/h4-11H,3,12-16H2,1-2H3. The molecule has 8 heteroatoms. The molecule has 2 aromatic carbocycles. The minimum absolute atomic E-state index is 0.00311. The van der Waals surface area contributed by atoms with Gasteiger partial charge in [-0.25, -0.2) is 9.18 Å². The predicted octanol–water partition coefficient (Wildman–Crippen LogP) is 3.86. The van der Waals surface area contributed by atoms with Gasteiger partial charge in [-0.15, -0.1) is 0 Å². The molecule has 3 amide bonds. The number of imide groups is 1. The number of para-hydroxylation sites is 1. The second-order valence-corrected chi connectivity index (χ2v) is 8.99. The Morgan fingerprint density at radius 2 is 1.85 bits per heavy atom. The Labute approximate surface area is 196 Å². The van der Waals surface area contributed by atoms with E-state index in [9.17, 15) is 18.8 Å². The Balaban J connectivity index is 1.51. The van der Waals surface area contributed by atoms with E-state index in [-0.39, 0.29) is 43.9 Å². The van der Waals surface area contributed by atoms with Crippen LogP contribution in [0.15, 0.2) is 48.5 Å². The number of halogens is 1. The Morgan fingerprint density at radius 1 is 1.12 bits per heavy atom. The normalized spacial score (nSPS) is 19.5. The first-order valence-electron chi connectivity index (χ1n) is 11.5. The fraction of sp³-hybridized carbons (Fsp3) is 0.346. The number of hydrogen-bond donors (Lipinski definition) is 0. The molecule has 1 atom stereocenters. The lowest BCUT2D eigenvalue weighted by molar-refractivity contribution is -0.143. The van der Waals surface area contributed by atoms with Crippen LogP contribution in [0.25, 0.3) is 10.9 Å². The molecule has 3 heterocycles. The van der Waals surface area contributed by atoms with Gasteiger partial charge in [0.05, 0.1) is 19.6 Å². The topological polar surface area (TPSA) is 71.8 Å². The fourth-order valence-electron chi connectivity index (χ4n) is 5.15. The van der Waals surface area contributed by atoms with Crippen LogP contribution in [0.5, 0.6) is 0 Å². The van der Waals surface area contributed by atoms with Gasteiger partial charge in [-0.1, -0.05) is 30.3 Å². The smallest absolute Gasteiger partial charge is 0.328 e. The minimum Gasteiger partial charge on any atom is -0.466 e. The van der Waals surface area contributed by atoms with Crippen LogP contribution in [-0.4, -0.2) is 51.0 Å². The van der Waals surface area contributed by atoms with Crippen LogP contribution in [-0.2, 0) is 33.8 Å². The van der Waals surface area contributed by atoms with Gasteiger partial charge in [-0.3, -0.25) is 14.5 Å². The number of fused-ring (bicyclic) bond motifs is 4. The van der Waals surface area contributed by atoms with Crippen LogP contribution >= 0.6 is 0 Å². The highest BCUT2D eigenvalue weighted by Gasteiger charge is 2.56. The summed E-state index contributed by atoms with van der Waals surface area (Å²) in [7, 11) is 0. The van der Waals surface area contributed by atoms with E-state index in [4.69, 9.17) is 4.74 Å². The van der Waals surface area contributed by atoms with Crippen LogP contribution < -0.4 is 0 Å². The number of carbonyl (C=O) groups is 3. The maximum atomic E-state index is 13.4. The third-order valence-corrected chi connectivity index (χ3v) is 6.89. The lowest BCUT2D eigenvalue weighted by Crippen LogP contribution is -2.51. The Kier molecular flexibility index (Phi) is 5.38. The molecule has 34 heavy (non-hydrogen) atoms. The van der Waals surface area contributed by atoms with E-state index in [1.807, 2.05) is 24.3 Å². The van der Waals surface area contributed by atoms with Crippen LogP contribution in [0.4, 0.5) is 9.18 Å². The first kappa shape index (κ1) is 22.1. The minimum atomic E-state index is -1.01. The quantitative estimate of drug-likeness (QED) is 0.411. The molecule has 1 aromatic heterocycles. The number of esters is 1. The van der Waals surface area contributed by atoms with Gasteiger partial charge in [0.1, 0.15) is 11.4 Å².